The summed E-state index contributed by atoms with van der Waals surface area (Å²) in [4.78, 5) is 28.2. The Morgan fingerprint density at radius 2 is 1.88 bits per heavy atom. The fourth-order valence-electron chi connectivity index (χ4n) is 8.13. The van der Waals surface area contributed by atoms with E-state index < -0.39 is 0 Å². The molecule has 0 radical (unpaired) electrons. The average molecular weight is 671 g/mol. The Morgan fingerprint density at radius 1 is 1.08 bits per heavy atom. The third kappa shape index (κ3) is 6.13. The van der Waals surface area contributed by atoms with Crippen molar-refractivity contribution in [2.24, 2.45) is 28.2 Å². The molecule has 4 fully saturated rings. The summed E-state index contributed by atoms with van der Waals surface area (Å²) in [6.45, 7) is 10.8. The zero-order chi connectivity index (χ0) is 33.6. The number of aryl methyl sites for hydroxylation is 2. The van der Waals surface area contributed by atoms with Gasteiger partial charge in [-0.2, -0.15) is 0 Å². The van der Waals surface area contributed by atoms with E-state index in [4.69, 9.17) is 21.3 Å². The van der Waals surface area contributed by atoms with Crippen molar-refractivity contribution in [2.75, 3.05) is 43.5 Å². The van der Waals surface area contributed by atoms with Gasteiger partial charge in [0.1, 0.15) is 11.6 Å². The van der Waals surface area contributed by atoms with Crippen LogP contribution in [0.1, 0.15) is 39.2 Å². The van der Waals surface area contributed by atoms with E-state index >= 15 is 0 Å². The van der Waals surface area contributed by atoms with Crippen molar-refractivity contribution in [3.63, 3.8) is 0 Å². The molecule has 8 rings (SSSR count). The fourth-order valence-corrected chi connectivity index (χ4v) is 8.39. The molecular weight excluding hydrogens is 627 g/mol. The lowest BCUT2D eigenvalue weighted by atomic mass is 9.45. The van der Waals surface area contributed by atoms with E-state index in [1.54, 1.807) is 23.0 Å². The molecule has 252 valence electrons. The topological polar surface area (TPSA) is 75.0 Å². The highest BCUT2D eigenvalue weighted by Crippen LogP contribution is 2.61. The third-order valence-corrected chi connectivity index (χ3v) is 11.7. The molecule has 48 heavy (non-hydrogen) atoms. The van der Waals surface area contributed by atoms with Gasteiger partial charge in [0.05, 0.1) is 41.1 Å². The van der Waals surface area contributed by atoms with E-state index in [0.29, 0.717) is 58.4 Å². The Bertz CT molecular complexity index is 1900. The van der Waals surface area contributed by atoms with E-state index in [0.717, 1.165) is 55.0 Å². The number of aromatic nitrogens is 2. The second-order valence-electron chi connectivity index (χ2n) is 14.2. The molecule has 4 aromatic rings. The standard InChI is InChI=1S/C38H44ClFN6O2/c1-24-30-19-26(38(30,2)3)20-33(24)43-37(45-17-15-44(16-18-45)35-8-6-5-7-31(35)39)42-27-10-12-29-34(21-27)41-23-46(36(29)47)14-13-25-9-11-28(48-4)22-32(25)40/h5-12,21-24,26,30,33H,13-20H2,1-4H3,(H,42,43)/t24-,26-,30-,33?/m1/s1. The largest absolute Gasteiger partial charge is 0.497 e. The molecule has 2 bridgehead atoms. The monoisotopic (exact) mass is 670 g/mol. The van der Waals surface area contributed by atoms with Crippen molar-refractivity contribution in [3.8, 4) is 5.75 Å². The van der Waals surface area contributed by atoms with Crippen LogP contribution in [0.15, 0.2) is 76.8 Å². The molecule has 2 heterocycles. The van der Waals surface area contributed by atoms with Gasteiger partial charge in [-0.3, -0.25) is 9.36 Å². The SMILES string of the molecule is COc1ccc(CCn2cnc3cc(NC(=NC4C[C@H]5C[C@H]([C@H]4C)C5(C)C)N4CCN(c5ccccc5Cl)CC4)ccc3c2=O)c(F)c1. The zero-order valence-electron chi connectivity index (χ0n) is 28.1. The van der Waals surface area contributed by atoms with E-state index in [9.17, 15) is 9.18 Å². The first-order chi connectivity index (χ1) is 23.1. The third-order valence-electron chi connectivity index (χ3n) is 11.3. The molecule has 1 saturated heterocycles. The van der Waals surface area contributed by atoms with Crippen LogP contribution in [0.4, 0.5) is 15.8 Å². The van der Waals surface area contributed by atoms with Gasteiger partial charge >= 0.3 is 0 Å². The molecule has 4 aliphatic rings. The second-order valence-corrected chi connectivity index (χ2v) is 14.6. The highest BCUT2D eigenvalue weighted by molar-refractivity contribution is 6.33. The average Bonchev–Trinajstić information content (AvgIpc) is 3.09. The zero-order valence-corrected chi connectivity index (χ0v) is 28.9. The highest BCUT2D eigenvalue weighted by Gasteiger charge is 2.56. The summed E-state index contributed by atoms with van der Waals surface area (Å²) in [5, 5.41) is 4.94. The smallest absolute Gasteiger partial charge is 0.261 e. The van der Waals surface area contributed by atoms with Crippen LogP contribution in [0.5, 0.6) is 5.75 Å². The van der Waals surface area contributed by atoms with E-state index in [1.165, 1.54) is 19.6 Å². The number of benzene rings is 3. The van der Waals surface area contributed by atoms with Gasteiger partial charge in [0.2, 0.25) is 0 Å². The van der Waals surface area contributed by atoms with Crippen LogP contribution in [0.3, 0.4) is 0 Å². The number of nitrogens with one attached hydrogen (secondary N) is 1. The highest BCUT2D eigenvalue weighted by atomic mass is 35.5. The number of guanidine groups is 1. The van der Waals surface area contributed by atoms with Crippen LogP contribution in [0, 0.1) is 29.0 Å². The first-order valence-electron chi connectivity index (χ1n) is 17.0. The van der Waals surface area contributed by atoms with Crippen molar-refractivity contribution < 1.29 is 9.13 Å². The van der Waals surface area contributed by atoms with Gasteiger partial charge in [-0.25, -0.2) is 14.4 Å². The predicted octanol–water partition coefficient (Wildman–Crippen LogP) is 7.10. The summed E-state index contributed by atoms with van der Waals surface area (Å²) in [5.74, 6) is 2.90. The number of nitrogens with zero attached hydrogens (tertiary/aromatic N) is 5. The lowest BCUT2D eigenvalue weighted by Gasteiger charge is -2.61. The molecule has 1 unspecified atom stereocenters. The lowest BCUT2D eigenvalue weighted by Crippen LogP contribution is -2.57. The van der Waals surface area contributed by atoms with Gasteiger partial charge in [0.15, 0.2) is 5.96 Å². The molecule has 1 aromatic heterocycles. The first kappa shape index (κ1) is 32.4. The number of methoxy groups -OCH3 is 1. The van der Waals surface area contributed by atoms with Gasteiger partial charge in [-0.1, -0.05) is 50.6 Å². The Balaban J connectivity index is 1.11. The van der Waals surface area contributed by atoms with Crippen LogP contribution in [0.25, 0.3) is 10.9 Å². The molecule has 3 aliphatic carbocycles. The van der Waals surface area contributed by atoms with Gasteiger partial charge in [0, 0.05) is 44.5 Å². The molecule has 1 N–H and O–H groups in total. The molecule has 3 saturated carbocycles. The quantitative estimate of drug-likeness (QED) is 0.167. The maximum Gasteiger partial charge on any atom is 0.261 e. The van der Waals surface area contributed by atoms with Crippen LogP contribution in [-0.2, 0) is 13.0 Å². The van der Waals surface area contributed by atoms with Crippen LogP contribution < -0.4 is 20.5 Å². The number of rotatable bonds is 7. The number of hydrogen-bond donors (Lipinski definition) is 1. The van der Waals surface area contributed by atoms with E-state index in [-0.39, 0.29) is 17.4 Å². The minimum atomic E-state index is -0.349. The number of halogens is 2. The minimum Gasteiger partial charge on any atom is -0.497 e. The summed E-state index contributed by atoms with van der Waals surface area (Å²) in [6.07, 6.45) is 4.33. The van der Waals surface area contributed by atoms with Crippen molar-refractivity contribution in [1.82, 2.24) is 14.5 Å². The van der Waals surface area contributed by atoms with E-state index in [1.807, 2.05) is 36.4 Å². The number of fused-ring (bicyclic) bond motifs is 3. The maximum atomic E-state index is 14.5. The number of para-hydroxylation sites is 1. The Hall–Kier alpha value is -4.11. The predicted molar refractivity (Wildman–Crippen MR) is 192 cm³/mol. The van der Waals surface area contributed by atoms with Gasteiger partial charge in [-0.05, 0) is 84.4 Å². The molecule has 0 amide bonds. The maximum absolute atomic E-state index is 14.5. The van der Waals surface area contributed by atoms with Crippen LogP contribution in [-0.4, -0.2) is 59.7 Å². The summed E-state index contributed by atoms with van der Waals surface area (Å²) < 4.78 is 21.1. The molecular formula is C38H44ClFN6O2. The van der Waals surface area contributed by atoms with Crippen LogP contribution >= 0.6 is 11.6 Å². The molecule has 0 spiro atoms. The van der Waals surface area contributed by atoms with Gasteiger partial charge in [-0.15, -0.1) is 0 Å². The van der Waals surface area contributed by atoms with Crippen molar-refractivity contribution in [3.05, 3.63) is 93.7 Å². The Labute approximate surface area is 286 Å². The van der Waals surface area contributed by atoms with Crippen molar-refractivity contribution >= 4 is 39.8 Å². The number of hydrogen-bond acceptors (Lipinski definition) is 5. The summed E-state index contributed by atoms with van der Waals surface area (Å²) in [7, 11) is 1.51. The van der Waals surface area contributed by atoms with E-state index in [2.05, 4.69) is 46.9 Å². The molecule has 10 heteroatoms. The molecule has 1 aliphatic heterocycles. The Morgan fingerprint density at radius 3 is 2.58 bits per heavy atom. The normalized spacial score (nSPS) is 23.6. The van der Waals surface area contributed by atoms with Gasteiger partial charge in [0.25, 0.3) is 5.56 Å². The number of ether oxygens (including phenoxy) is 1. The number of aliphatic imine (C=N–C) groups is 1. The molecule has 3 aromatic carbocycles. The van der Waals surface area contributed by atoms with Crippen molar-refractivity contribution in [1.29, 1.82) is 0 Å². The number of piperazine rings is 1. The minimum absolute atomic E-state index is 0.150. The lowest BCUT2D eigenvalue weighted by molar-refractivity contribution is -0.108. The second kappa shape index (κ2) is 13.1. The molecule has 4 atom stereocenters. The summed E-state index contributed by atoms with van der Waals surface area (Å²) in [6, 6.07) is 18.7. The summed E-state index contributed by atoms with van der Waals surface area (Å²) in [5.41, 5.74) is 3.27. The first-order valence-corrected chi connectivity index (χ1v) is 17.4. The number of anilines is 2. The Kier molecular flexibility index (Phi) is 8.83. The van der Waals surface area contributed by atoms with Crippen molar-refractivity contribution in [2.45, 2.75) is 52.6 Å². The van der Waals surface area contributed by atoms with Crippen LogP contribution in [0.2, 0.25) is 5.02 Å². The molecule has 8 nitrogen and oxygen atoms in total. The fraction of sp³-hybridized carbons (Fsp3) is 0.447. The van der Waals surface area contributed by atoms with Gasteiger partial charge < -0.3 is 19.9 Å². The summed E-state index contributed by atoms with van der Waals surface area (Å²) >= 11 is 6.54.